The minimum atomic E-state index is -2.93. The number of benzene rings is 2. The summed E-state index contributed by atoms with van der Waals surface area (Å²) in [5.41, 5.74) is 3.65. The molecule has 0 N–H and O–H groups in total. The summed E-state index contributed by atoms with van der Waals surface area (Å²) in [4.78, 5) is 13.5. The molecule has 4 aromatic rings. The lowest BCUT2D eigenvalue weighted by atomic mass is 10.0. The third-order valence-corrected chi connectivity index (χ3v) is 9.35. The van der Waals surface area contributed by atoms with Gasteiger partial charge in [-0.15, -0.1) is 10.2 Å². The second-order valence-electron chi connectivity index (χ2n) is 8.81. The molecule has 7 nitrogen and oxygen atoms in total. The summed E-state index contributed by atoms with van der Waals surface area (Å²) in [6.45, 7) is 0. The van der Waals surface area contributed by atoms with Crippen LogP contribution in [0.1, 0.15) is 22.6 Å². The maximum absolute atomic E-state index is 13.5. The number of Topliss-reactive ketones (excluding diaryl/α,β-unsaturated/α-hetero) is 1. The van der Waals surface area contributed by atoms with Crippen molar-refractivity contribution < 1.29 is 13.2 Å². The average Bonchev–Trinajstić information content (AvgIpc) is 3.46. The number of hydrogen-bond donors (Lipinski definition) is 0. The number of ketones is 1. The van der Waals surface area contributed by atoms with E-state index in [1.165, 1.54) is 11.8 Å². The number of aryl methyl sites for hydroxylation is 1. The van der Waals surface area contributed by atoms with Crippen molar-refractivity contribution in [2.24, 2.45) is 20.0 Å². The molecule has 2 aromatic carbocycles. The molecule has 0 spiro atoms. The number of aromatic nitrogens is 4. The molecule has 0 amide bonds. The number of carbonyl (C=O) groups is 1. The second kappa shape index (κ2) is 9.03. The quantitative estimate of drug-likeness (QED) is 0.286. The number of nitrogens with zero attached hydrogens (tertiary/aromatic N) is 4. The largest absolute Gasteiger partial charge is 0.343 e. The zero-order valence-corrected chi connectivity index (χ0v) is 20.8. The average molecular weight is 495 g/mol. The van der Waals surface area contributed by atoms with Crippen LogP contribution in [0, 0.1) is 5.92 Å². The lowest BCUT2D eigenvalue weighted by Crippen LogP contribution is -2.11. The summed E-state index contributed by atoms with van der Waals surface area (Å²) in [7, 11) is 0.941. The highest BCUT2D eigenvalue weighted by molar-refractivity contribution is 7.99. The van der Waals surface area contributed by atoms with Gasteiger partial charge in [0.1, 0.15) is 5.82 Å². The molecule has 9 heteroatoms. The first-order valence-corrected chi connectivity index (χ1v) is 14.0. The molecule has 0 radical (unpaired) electrons. The Morgan fingerprint density at radius 2 is 1.76 bits per heavy atom. The lowest BCUT2D eigenvalue weighted by Gasteiger charge is -2.09. The van der Waals surface area contributed by atoms with Crippen LogP contribution in [-0.4, -0.2) is 50.8 Å². The van der Waals surface area contributed by atoms with E-state index in [9.17, 15) is 13.2 Å². The van der Waals surface area contributed by atoms with Gasteiger partial charge in [0.05, 0.1) is 28.5 Å². The highest BCUT2D eigenvalue weighted by Gasteiger charge is 2.29. The summed E-state index contributed by atoms with van der Waals surface area (Å²) in [5.74, 6) is 1.57. The number of rotatable bonds is 7. The molecule has 0 saturated carbocycles. The van der Waals surface area contributed by atoms with Crippen molar-refractivity contribution in [3.63, 3.8) is 0 Å². The topological polar surface area (TPSA) is 86.8 Å². The van der Waals surface area contributed by atoms with Crippen LogP contribution in [0.25, 0.3) is 22.2 Å². The van der Waals surface area contributed by atoms with Crippen LogP contribution < -0.4 is 0 Å². The number of sulfone groups is 1. The van der Waals surface area contributed by atoms with Gasteiger partial charge in [0.2, 0.25) is 0 Å². The molecule has 1 aliphatic heterocycles. The van der Waals surface area contributed by atoms with E-state index in [0.29, 0.717) is 18.0 Å². The number of thioether (sulfide) groups is 1. The van der Waals surface area contributed by atoms with E-state index in [-0.39, 0.29) is 29.0 Å². The van der Waals surface area contributed by atoms with Crippen LogP contribution in [-0.2, 0) is 30.4 Å². The van der Waals surface area contributed by atoms with E-state index in [4.69, 9.17) is 0 Å². The summed E-state index contributed by atoms with van der Waals surface area (Å²) in [6.07, 6.45) is 1.25. The van der Waals surface area contributed by atoms with Gasteiger partial charge in [-0.3, -0.25) is 4.79 Å². The Bertz CT molecular complexity index is 1470. The first-order chi connectivity index (χ1) is 16.3. The minimum Gasteiger partial charge on any atom is -0.343 e. The van der Waals surface area contributed by atoms with E-state index in [0.717, 1.165) is 33.5 Å². The number of para-hydroxylation sites is 1. The predicted molar refractivity (Wildman–Crippen MR) is 135 cm³/mol. The van der Waals surface area contributed by atoms with Gasteiger partial charge in [-0.25, -0.2) is 8.42 Å². The van der Waals surface area contributed by atoms with Gasteiger partial charge in [-0.2, -0.15) is 0 Å². The molecule has 5 rings (SSSR count). The Morgan fingerprint density at radius 3 is 2.50 bits per heavy atom. The van der Waals surface area contributed by atoms with E-state index in [1.54, 1.807) is 0 Å². The van der Waals surface area contributed by atoms with Crippen LogP contribution in [0.4, 0.5) is 0 Å². The zero-order chi connectivity index (χ0) is 23.9. The van der Waals surface area contributed by atoms with E-state index < -0.39 is 9.84 Å². The SMILES string of the molecule is Cn1c(C[C@H]2CCS(=O)(=O)C2)nnc1SCC(=O)c1c(-c2ccccc2)n(C)c2ccccc12. The monoisotopic (exact) mass is 494 g/mol. The van der Waals surface area contributed by atoms with Crippen molar-refractivity contribution in [3.05, 3.63) is 66.0 Å². The molecule has 0 aliphatic carbocycles. The summed E-state index contributed by atoms with van der Waals surface area (Å²) in [6, 6.07) is 17.9. The third-order valence-electron chi connectivity index (χ3n) is 6.49. The molecule has 0 unspecified atom stereocenters. The van der Waals surface area contributed by atoms with E-state index in [2.05, 4.69) is 14.8 Å². The zero-order valence-electron chi connectivity index (χ0n) is 19.1. The van der Waals surface area contributed by atoms with Crippen LogP contribution in [0.3, 0.4) is 0 Å². The van der Waals surface area contributed by atoms with E-state index >= 15 is 0 Å². The standard InChI is InChI=1S/C25H26N4O3S2/c1-28-20-11-7-6-10-19(20)23(24(28)18-8-4-3-5-9-18)21(30)15-33-25-27-26-22(29(25)2)14-17-12-13-34(31,32)16-17/h3-11,17H,12-16H2,1-2H3/t17-/m1/s1. The number of fused-ring (bicyclic) bond motifs is 1. The van der Waals surface area contributed by atoms with Crippen LogP contribution in [0.5, 0.6) is 0 Å². The molecule has 2 aromatic heterocycles. The molecule has 1 aliphatic rings. The maximum atomic E-state index is 13.5. The highest BCUT2D eigenvalue weighted by atomic mass is 32.2. The van der Waals surface area contributed by atoms with Gasteiger partial charge < -0.3 is 9.13 Å². The van der Waals surface area contributed by atoms with Crippen LogP contribution >= 0.6 is 11.8 Å². The molecule has 1 atom stereocenters. The van der Waals surface area contributed by atoms with Crippen molar-refractivity contribution in [2.75, 3.05) is 17.3 Å². The van der Waals surface area contributed by atoms with Crippen LogP contribution in [0.2, 0.25) is 0 Å². The van der Waals surface area contributed by atoms with Crippen molar-refractivity contribution >= 4 is 38.3 Å². The summed E-state index contributed by atoms with van der Waals surface area (Å²) in [5, 5.41) is 10.2. The fourth-order valence-electron chi connectivity index (χ4n) is 4.75. The van der Waals surface area contributed by atoms with Gasteiger partial charge in [0.25, 0.3) is 0 Å². The second-order valence-corrected chi connectivity index (χ2v) is 12.0. The third kappa shape index (κ3) is 4.30. The highest BCUT2D eigenvalue weighted by Crippen LogP contribution is 2.34. The molecule has 176 valence electrons. The first-order valence-electron chi connectivity index (χ1n) is 11.2. The molecule has 3 heterocycles. The lowest BCUT2D eigenvalue weighted by molar-refractivity contribution is 0.102. The van der Waals surface area contributed by atoms with Crippen LogP contribution in [0.15, 0.2) is 59.8 Å². The number of hydrogen-bond acceptors (Lipinski definition) is 6. The first kappa shape index (κ1) is 22.9. The fourth-order valence-corrected chi connectivity index (χ4v) is 7.42. The maximum Gasteiger partial charge on any atom is 0.191 e. The Balaban J connectivity index is 1.39. The molecule has 1 fully saturated rings. The van der Waals surface area contributed by atoms with E-state index in [1.807, 2.05) is 73.3 Å². The molecular weight excluding hydrogens is 468 g/mol. The van der Waals surface area contributed by atoms with Gasteiger partial charge in [-0.1, -0.05) is 60.3 Å². The fraction of sp³-hybridized carbons (Fsp3) is 0.320. The summed E-state index contributed by atoms with van der Waals surface area (Å²) < 4.78 is 27.5. The van der Waals surface area contributed by atoms with Crippen molar-refractivity contribution in [3.8, 4) is 11.3 Å². The van der Waals surface area contributed by atoms with Gasteiger partial charge >= 0.3 is 0 Å². The molecule has 0 bridgehead atoms. The molecule has 1 saturated heterocycles. The Hall–Kier alpha value is -2.91. The summed E-state index contributed by atoms with van der Waals surface area (Å²) >= 11 is 1.36. The predicted octanol–water partition coefficient (Wildman–Crippen LogP) is 3.93. The molecular formula is C25H26N4O3S2. The van der Waals surface area contributed by atoms with Gasteiger partial charge in [0.15, 0.2) is 20.8 Å². The minimum absolute atomic E-state index is 0.0343. The smallest absolute Gasteiger partial charge is 0.191 e. The Morgan fingerprint density at radius 1 is 1.03 bits per heavy atom. The Kier molecular flexibility index (Phi) is 6.07. The van der Waals surface area contributed by atoms with Gasteiger partial charge in [-0.05, 0) is 24.0 Å². The van der Waals surface area contributed by atoms with Crippen molar-refractivity contribution in [1.82, 2.24) is 19.3 Å². The van der Waals surface area contributed by atoms with Gasteiger partial charge in [0, 0.05) is 31.4 Å². The Labute approximate surface area is 203 Å². The number of carbonyl (C=O) groups excluding carboxylic acids is 1. The van der Waals surface area contributed by atoms with Crippen molar-refractivity contribution in [2.45, 2.75) is 18.0 Å². The van der Waals surface area contributed by atoms with Crippen molar-refractivity contribution in [1.29, 1.82) is 0 Å². The normalized spacial score (nSPS) is 17.4. The molecule has 34 heavy (non-hydrogen) atoms.